The molecule has 3 N–H and O–H groups in total. The molecule has 0 unspecified atom stereocenters. The van der Waals surface area contributed by atoms with Crippen LogP contribution in [0.3, 0.4) is 0 Å². The summed E-state index contributed by atoms with van der Waals surface area (Å²) in [5, 5.41) is 19.7. The van der Waals surface area contributed by atoms with Crippen LogP contribution in [0, 0.1) is 10.1 Å². The number of rotatable bonds is 3. The minimum absolute atomic E-state index is 0.0529. The van der Waals surface area contributed by atoms with Crippen LogP contribution < -0.4 is 5.73 Å². The highest BCUT2D eigenvalue weighted by Gasteiger charge is 2.17. The minimum Gasteiger partial charge on any atom is -0.508 e. The van der Waals surface area contributed by atoms with E-state index in [4.69, 9.17) is 10.8 Å². The van der Waals surface area contributed by atoms with Crippen LogP contribution in [-0.4, -0.2) is 10.0 Å². The Morgan fingerprint density at radius 3 is 2.79 bits per heavy atom. The van der Waals surface area contributed by atoms with Crippen LogP contribution in [0.1, 0.15) is 11.6 Å². The molecule has 0 aliphatic rings. The van der Waals surface area contributed by atoms with Crippen molar-refractivity contribution in [2.24, 2.45) is 5.73 Å². The molecule has 1 aromatic carbocycles. The van der Waals surface area contributed by atoms with Crippen molar-refractivity contribution >= 4 is 5.69 Å². The minimum atomic E-state index is -0.650. The van der Waals surface area contributed by atoms with Crippen LogP contribution in [0.5, 0.6) is 5.75 Å². The molecule has 74 valence electrons. The summed E-state index contributed by atoms with van der Waals surface area (Å²) < 4.78 is 0. The van der Waals surface area contributed by atoms with E-state index in [1.54, 1.807) is 0 Å². The fraction of sp³-hybridized carbons (Fsp3) is 0.111. The number of nitro groups is 1. The molecule has 5 nitrogen and oxygen atoms in total. The van der Waals surface area contributed by atoms with Gasteiger partial charge in [0.2, 0.25) is 0 Å². The van der Waals surface area contributed by atoms with Gasteiger partial charge in [0.05, 0.1) is 16.5 Å². The topological polar surface area (TPSA) is 89.4 Å². The van der Waals surface area contributed by atoms with Gasteiger partial charge in [-0.25, -0.2) is 0 Å². The van der Waals surface area contributed by atoms with Gasteiger partial charge in [-0.1, -0.05) is 6.08 Å². The Bertz CT molecular complexity index is 376. The number of hydrogen-bond acceptors (Lipinski definition) is 4. The van der Waals surface area contributed by atoms with Crippen LogP contribution >= 0.6 is 0 Å². The Morgan fingerprint density at radius 2 is 2.29 bits per heavy atom. The fourth-order valence-electron chi connectivity index (χ4n) is 1.10. The Hall–Kier alpha value is -1.88. The molecular formula is C9H10N2O3. The van der Waals surface area contributed by atoms with Gasteiger partial charge in [0.15, 0.2) is 0 Å². The molecule has 0 aliphatic heterocycles. The molecule has 1 rings (SSSR count). The average Bonchev–Trinajstić information content (AvgIpc) is 2.16. The van der Waals surface area contributed by atoms with Crippen LogP contribution in [0.25, 0.3) is 0 Å². The number of nitrogens with zero attached hydrogens (tertiary/aromatic N) is 1. The quantitative estimate of drug-likeness (QED) is 0.433. The molecule has 0 aliphatic carbocycles. The highest BCUT2D eigenvalue weighted by atomic mass is 16.6. The second kappa shape index (κ2) is 3.89. The Morgan fingerprint density at radius 1 is 1.64 bits per heavy atom. The van der Waals surface area contributed by atoms with Gasteiger partial charge in [0.1, 0.15) is 5.75 Å². The number of nitrogens with two attached hydrogens (primary N) is 1. The van der Waals surface area contributed by atoms with Crippen LogP contribution in [0.15, 0.2) is 30.9 Å². The zero-order valence-corrected chi connectivity index (χ0v) is 7.38. The molecule has 0 saturated carbocycles. The molecule has 1 atom stereocenters. The van der Waals surface area contributed by atoms with E-state index >= 15 is 0 Å². The van der Waals surface area contributed by atoms with E-state index in [0.717, 1.165) is 0 Å². The lowest BCUT2D eigenvalue weighted by Gasteiger charge is -2.07. The first-order valence-electron chi connectivity index (χ1n) is 3.91. The average molecular weight is 194 g/mol. The first-order chi connectivity index (χ1) is 6.56. The van der Waals surface area contributed by atoms with Gasteiger partial charge >= 0.3 is 0 Å². The molecule has 0 fully saturated rings. The molecule has 1 aromatic rings. The largest absolute Gasteiger partial charge is 0.508 e. The van der Waals surface area contributed by atoms with Gasteiger partial charge in [-0.2, -0.15) is 0 Å². The first kappa shape index (κ1) is 10.2. The standard InChI is InChI=1S/C9H10N2O3/c1-2-8(10)7-5-6(12)3-4-9(7)11(13)14/h2-5,8,12H,1,10H2/t8-/m0/s1. The van der Waals surface area contributed by atoms with E-state index in [2.05, 4.69) is 6.58 Å². The number of hydrogen-bond donors (Lipinski definition) is 2. The van der Waals surface area contributed by atoms with Crippen molar-refractivity contribution < 1.29 is 10.0 Å². The van der Waals surface area contributed by atoms with E-state index in [0.29, 0.717) is 0 Å². The third-order valence-corrected chi connectivity index (χ3v) is 1.82. The molecule has 0 saturated heterocycles. The number of nitro benzene ring substituents is 1. The van der Waals surface area contributed by atoms with E-state index < -0.39 is 11.0 Å². The van der Waals surface area contributed by atoms with E-state index in [1.165, 1.54) is 24.3 Å². The van der Waals surface area contributed by atoms with Gasteiger partial charge in [-0.05, 0) is 12.1 Å². The molecule has 0 heterocycles. The van der Waals surface area contributed by atoms with E-state index in [1.807, 2.05) is 0 Å². The zero-order chi connectivity index (χ0) is 10.7. The van der Waals surface area contributed by atoms with Gasteiger partial charge in [-0.15, -0.1) is 6.58 Å². The summed E-state index contributed by atoms with van der Waals surface area (Å²) in [4.78, 5) is 10.0. The Balaban J connectivity index is 3.29. The van der Waals surface area contributed by atoms with Crippen molar-refractivity contribution in [1.29, 1.82) is 0 Å². The molecular weight excluding hydrogens is 184 g/mol. The second-order valence-electron chi connectivity index (χ2n) is 2.76. The van der Waals surface area contributed by atoms with Crippen molar-refractivity contribution in [3.63, 3.8) is 0 Å². The summed E-state index contributed by atoms with van der Waals surface area (Å²) in [5.74, 6) is -0.0529. The monoisotopic (exact) mass is 194 g/mol. The number of phenolic OH excluding ortho intramolecular Hbond substituents is 1. The highest BCUT2D eigenvalue weighted by Crippen LogP contribution is 2.27. The van der Waals surface area contributed by atoms with Crippen LogP contribution in [0.2, 0.25) is 0 Å². The lowest BCUT2D eigenvalue weighted by Crippen LogP contribution is -2.09. The molecule has 0 amide bonds. The summed E-state index contributed by atoms with van der Waals surface area (Å²) in [6.07, 6.45) is 1.38. The van der Waals surface area contributed by atoms with Crippen molar-refractivity contribution in [3.8, 4) is 5.75 Å². The van der Waals surface area contributed by atoms with E-state index in [9.17, 15) is 10.1 Å². The van der Waals surface area contributed by atoms with Crippen molar-refractivity contribution in [2.45, 2.75) is 6.04 Å². The first-order valence-corrected chi connectivity index (χ1v) is 3.91. The van der Waals surface area contributed by atoms with Crippen molar-refractivity contribution in [2.75, 3.05) is 0 Å². The summed E-state index contributed by atoms with van der Waals surface area (Å²) in [6.45, 7) is 3.44. The number of phenols is 1. The molecule has 5 heteroatoms. The third kappa shape index (κ3) is 1.89. The predicted molar refractivity (Wildman–Crippen MR) is 51.9 cm³/mol. The zero-order valence-electron chi connectivity index (χ0n) is 7.38. The van der Waals surface area contributed by atoms with Crippen LogP contribution in [-0.2, 0) is 0 Å². The number of aromatic hydroxyl groups is 1. The maximum atomic E-state index is 10.6. The maximum absolute atomic E-state index is 10.6. The lowest BCUT2D eigenvalue weighted by molar-refractivity contribution is -0.385. The van der Waals surface area contributed by atoms with E-state index in [-0.39, 0.29) is 17.0 Å². The Labute approximate surface area is 80.6 Å². The van der Waals surface area contributed by atoms with Gasteiger partial charge in [-0.3, -0.25) is 10.1 Å². The number of benzene rings is 1. The fourth-order valence-corrected chi connectivity index (χ4v) is 1.10. The molecule has 0 bridgehead atoms. The molecule has 14 heavy (non-hydrogen) atoms. The summed E-state index contributed by atoms with van der Waals surface area (Å²) in [7, 11) is 0. The van der Waals surface area contributed by atoms with Gasteiger partial charge in [0.25, 0.3) is 5.69 Å². The third-order valence-electron chi connectivity index (χ3n) is 1.82. The van der Waals surface area contributed by atoms with Crippen molar-refractivity contribution in [1.82, 2.24) is 0 Å². The summed E-state index contributed by atoms with van der Waals surface area (Å²) in [5.41, 5.74) is 5.71. The summed E-state index contributed by atoms with van der Waals surface area (Å²) >= 11 is 0. The molecule has 0 spiro atoms. The van der Waals surface area contributed by atoms with Gasteiger partial charge < -0.3 is 10.8 Å². The Kier molecular flexibility index (Phi) is 2.83. The maximum Gasteiger partial charge on any atom is 0.274 e. The van der Waals surface area contributed by atoms with Gasteiger partial charge in [0, 0.05) is 6.07 Å². The van der Waals surface area contributed by atoms with Crippen molar-refractivity contribution in [3.05, 3.63) is 46.5 Å². The normalized spacial score (nSPS) is 12.1. The lowest BCUT2D eigenvalue weighted by atomic mass is 10.1. The summed E-state index contributed by atoms with van der Waals surface area (Å²) in [6, 6.07) is 3.08. The SMILES string of the molecule is C=C[C@H](N)c1cc(O)ccc1[N+](=O)[O-]. The smallest absolute Gasteiger partial charge is 0.274 e. The van der Waals surface area contributed by atoms with Crippen LogP contribution in [0.4, 0.5) is 5.69 Å². The molecule has 0 aromatic heterocycles. The second-order valence-corrected chi connectivity index (χ2v) is 2.76. The highest BCUT2D eigenvalue weighted by molar-refractivity contribution is 5.47. The molecule has 0 radical (unpaired) electrons. The predicted octanol–water partition coefficient (Wildman–Crippen LogP) is 1.49.